The lowest BCUT2D eigenvalue weighted by atomic mass is 10.4. The zero-order valence-electron chi connectivity index (χ0n) is 4.68. The molecule has 0 rings (SSSR count). The molecular formula is C4H11NO2. The van der Waals surface area contributed by atoms with E-state index < -0.39 is 0 Å². The van der Waals surface area contributed by atoms with Crippen LogP contribution < -0.4 is 5.48 Å². The highest BCUT2D eigenvalue weighted by molar-refractivity contribution is 4.37. The highest BCUT2D eigenvalue weighted by Crippen LogP contribution is 1.69. The molecule has 7 heavy (non-hydrogen) atoms. The van der Waals surface area contributed by atoms with Gasteiger partial charge in [-0.1, -0.05) is 0 Å². The van der Waals surface area contributed by atoms with Crippen molar-refractivity contribution in [1.29, 1.82) is 0 Å². The summed E-state index contributed by atoms with van der Waals surface area (Å²) in [6, 6.07) is 0.0463. The maximum Gasteiger partial charge on any atom is 0.106 e. The third kappa shape index (κ3) is 3.72. The molecule has 0 heterocycles. The number of ether oxygens (including phenoxy) is 1. The Hall–Kier alpha value is -0.120. The van der Waals surface area contributed by atoms with Gasteiger partial charge in [0.15, 0.2) is 0 Å². The predicted octanol–water partition coefficient (Wildman–Crippen LogP) is -0.917. The van der Waals surface area contributed by atoms with E-state index in [-0.39, 0.29) is 6.04 Å². The van der Waals surface area contributed by atoms with Gasteiger partial charge in [-0.3, -0.25) is 0 Å². The average molecular weight is 105 g/mol. The molecule has 0 bridgehead atoms. The van der Waals surface area contributed by atoms with Gasteiger partial charge in [0.2, 0.25) is 0 Å². The van der Waals surface area contributed by atoms with Crippen LogP contribution in [0.5, 0.6) is 0 Å². The summed E-state index contributed by atoms with van der Waals surface area (Å²) in [5.41, 5.74) is 0.878. The maximum atomic E-state index is 9.81. The molecule has 0 spiro atoms. The van der Waals surface area contributed by atoms with Crippen molar-refractivity contribution in [3.8, 4) is 0 Å². The van der Waals surface area contributed by atoms with E-state index in [1.54, 1.807) is 7.11 Å². The molecule has 0 aliphatic rings. The standard InChI is InChI=1S/C4H11NO2/c1-4(5-6)3-7-2/h4H,3,5H2,1-2H3/t4-/m1/s1. The van der Waals surface area contributed by atoms with Gasteiger partial charge in [-0.25, -0.2) is 0 Å². The van der Waals surface area contributed by atoms with Crippen molar-refractivity contribution in [2.24, 2.45) is 0 Å². The minimum atomic E-state index is 0.0463. The Bertz CT molecular complexity index is 40.7. The third-order valence-electron chi connectivity index (χ3n) is 0.662. The fourth-order valence-electron chi connectivity index (χ4n) is 0.302. The minimum Gasteiger partial charge on any atom is -0.636 e. The van der Waals surface area contributed by atoms with Gasteiger partial charge in [0.05, 0.1) is 6.61 Å². The van der Waals surface area contributed by atoms with Gasteiger partial charge in [0.1, 0.15) is 6.04 Å². The Balaban J connectivity index is 2.83. The number of rotatable bonds is 3. The van der Waals surface area contributed by atoms with Crippen molar-refractivity contribution in [3.05, 3.63) is 5.21 Å². The summed E-state index contributed by atoms with van der Waals surface area (Å²) < 4.78 is 4.66. The van der Waals surface area contributed by atoms with E-state index in [1.807, 2.05) is 6.92 Å². The van der Waals surface area contributed by atoms with Gasteiger partial charge in [-0.15, -0.1) is 0 Å². The Morgan fingerprint density at radius 3 is 2.57 bits per heavy atom. The molecule has 0 aliphatic carbocycles. The average Bonchev–Trinajstić information content (AvgIpc) is 1.68. The van der Waals surface area contributed by atoms with E-state index in [0.717, 1.165) is 5.48 Å². The number of quaternary nitrogens is 1. The number of hydrogen-bond donors (Lipinski definition) is 1. The molecule has 0 radical (unpaired) electrons. The first-order valence-electron chi connectivity index (χ1n) is 2.25. The molecule has 1 atom stereocenters. The minimum absolute atomic E-state index is 0.0463. The SMILES string of the molecule is COC[C@@H](C)[NH2+][O-]. The fourth-order valence-corrected chi connectivity index (χ4v) is 0.302. The number of hydroxylamine groups is 1. The summed E-state index contributed by atoms with van der Waals surface area (Å²) in [4.78, 5) is 0. The van der Waals surface area contributed by atoms with Crippen LogP contribution in [0, 0.1) is 5.21 Å². The quantitative estimate of drug-likeness (QED) is 0.472. The van der Waals surface area contributed by atoms with Crippen LogP contribution in [-0.2, 0) is 4.74 Å². The molecule has 2 N–H and O–H groups in total. The van der Waals surface area contributed by atoms with Gasteiger partial charge in [-0.05, 0) is 6.92 Å². The summed E-state index contributed by atoms with van der Waals surface area (Å²) in [5, 5.41) is 9.81. The summed E-state index contributed by atoms with van der Waals surface area (Å²) in [6.07, 6.45) is 0. The van der Waals surface area contributed by atoms with Crippen molar-refractivity contribution in [2.45, 2.75) is 13.0 Å². The van der Waals surface area contributed by atoms with Gasteiger partial charge in [-0.2, -0.15) is 0 Å². The monoisotopic (exact) mass is 105 g/mol. The Morgan fingerprint density at radius 1 is 1.86 bits per heavy atom. The van der Waals surface area contributed by atoms with E-state index in [1.165, 1.54) is 0 Å². The molecule has 44 valence electrons. The summed E-state index contributed by atoms with van der Waals surface area (Å²) in [7, 11) is 1.58. The van der Waals surface area contributed by atoms with Crippen LogP contribution in [0.25, 0.3) is 0 Å². The fraction of sp³-hybridized carbons (Fsp3) is 1.00. The van der Waals surface area contributed by atoms with Crippen molar-refractivity contribution in [1.82, 2.24) is 0 Å². The van der Waals surface area contributed by atoms with Crippen LogP contribution in [0.15, 0.2) is 0 Å². The van der Waals surface area contributed by atoms with Gasteiger partial charge in [0.25, 0.3) is 0 Å². The van der Waals surface area contributed by atoms with Crippen LogP contribution >= 0.6 is 0 Å². The molecule has 0 aliphatic heterocycles. The Labute approximate surface area is 43.2 Å². The molecular weight excluding hydrogens is 94.0 g/mol. The van der Waals surface area contributed by atoms with Crippen LogP contribution in [0.3, 0.4) is 0 Å². The number of hydrogen-bond acceptors (Lipinski definition) is 2. The van der Waals surface area contributed by atoms with Gasteiger partial charge < -0.3 is 15.4 Å². The van der Waals surface area contributed by atoms with Crippen LogP contribution in [-0.4, -0.2) is 19.8 Å². The first-order valence-corrected chi connectivity index (χ1v) is 2.25. The summed E-state index contributed by atoms with van der Waals surface area (Å²) in [6.45, 7) is 2.35. The highest BCUT2D eigenvalue weighted by Gasteiger charge is 1.93. The molecule has 0 aromatic heterocycles. The van der Waals surface area contributed by atoms with E-state index in [2.05, 4.69) is 4.74 Å². The smallest absolute Gasteiger partial charge is 0.106 e. The first-order chi connectivity index (χ1) is 3.31. The van der Waals surface area contributed by atoms with Gasteiger partial charge in [0, 0.05) is 7.11 Å². The van der Waals surface area contributed by atoms with Crippen molar-refractivity contribution >= 4 is 0 Å². The number of methoxy groups -OCH3 is 1. The van der Waals surface area contributed by atoms with Crippen molar-refractivity contribution in [2.75, 3.05) is 13.7 Å². The van der Waals surface area contributed by atoms with Crippen molar-refractivity contribution < 1.29 is 10.2 Å². The maximum absolute atomic E-state index is 9.81. The largest absolute Gasteiger partial charge is 0.636 e. The van der Waals surface area contributed by atoms with E-state index >= 15 is 0 Å². The Morgan fingerprint density at radius 2 is 2.43 bits per heavy atom. The summed E-state index contributed by atoms with van der Waals surface area (Å²) >= 11 is 0. The van der Waals surface area contributed by atoms with E-state index in [0.29, 0.717) is 6.61 Å². The lowest BCUT2D eigenvalue weighted by Crippen LogP contribution is -2.84. The molecule has 0 unspecified atom stereocenters. The third-order valence-corrected chi connectivity index (χ3v) is 0.662. The Kier molecular flexibility index (Phi) is 3.98. The van der Waals surface area contributed by atoms with E-state index in [4.69, 9.17) is 0 Å². The lowest BCUT2D eigenvalue weighted by molar-refractivity contribution is -0.625. The topological polar surface area (TPSA) is 48.9 Å². The lowest BCUT2D eigenvalue weighted by Gasteiger charge is -2.09. The molecule has 0 saturated heterocycles. The predicted molar refractivity (Wildman–Crippen MR) is 26.6 cm³/mol. The molecule has 3 nitrogen and oxygen atoms in total. The number of nitrogens with two attached hydrogens (primary N) is 1. The second kappa shape index (κ2) is 4.05. The molecule has 0 amide bonds. The molecule has 0 aromatic rings. The molecule has 0 aromatic carbocycles. The molecule has 0 fully saturated rings. The van der Waals surface area contributed by atoms with Crippen LogP contribution in [0.4, 0.5) is 0 Å². The molecule has 0 saturated carbocycles. The second-order valence-corrected chi connectivity index (χ2v) is 1.57. The summed E-state index contributed by atoms with van der Waals surface area (Å²) in [5.74, 6) is 0. The second-order valence-electron chi connectivity index (χ2n) is 1.57. The molecule has 3 heteroatoms. The highest BCUT2D eigenvalue weighted by atomic mass is 16.5. The first kappa shape index (κ1) is 6.88. The van der Waals surface area contributed by atoms with Crippen molar-refractivity contribution in [3.63, 3.8) is 0 Å². The van der Waals surface area contributed by atoms with Crippen LogP contribution in [0.1, 0.15) is 6.92 Å². The zero-order chi connectivity index (χ0) is 5.70. The van der Waals surface area contributed by atoms with E-state index in [9.17, 15) is 5.21 Å². The van der Waals surface area contributed by atoms with Gasteiger partial charge >= 0.3 is 0 Å². The normalized spacial score (nSPS) is 14.1. The zero-order valence-corrected chi connectivity index (χ0v) is 4.68. The van der Waals surface area contributed by atoms with Crippen LogP contribution in [0.2, 0.25) is 0 Å².